The molecular formula is C44H60CaF2N6O12S2Sr. The second-order valence-electron chi connectivity index (χ2n) is 16.0. The van der Waals surface area contributed by atoms with Crippen molar-refractivity contribution in [2.24, 2.45) is 0 Å². The number of anilines is 2. The van der Waals surface area contributed by atoms with Gasteiger partial charge in [-0.05, 0) is 60.4 Å². The molecule has 4 aromatic rings. The monoisotopic (exact) mass is 1090 g/mol. The number of rotatable bonds is 20. The number of benzene rings is 2. The quantitative estimate of drug-likeness (QED) is 0.0694. The number of hydrogen-bond donors (Lipinski definition) is 6. The van der Waals surface area contributed by atoms with Crippen LogP contribution in [0, 0.1) is 11.6 Å². The first-order valence-corrected chi connectivity index (χ1v) is 24.0. The van der Waals surface area contributed by atoms with Gasteiger partial charge in [0.1, 0.15) is 11.6 Å². The van der Waals surface area contributed by atoms with Gasteiger partial charge in [0.2, 0.25) is 31.9 Å². The van der Waals surface area contributed by atoms with Gasteiger partial charge in [-0.25, -0.2) is 54.2 Å². The fraction of sp³-hybridized carbons (Fsp3) is 0.409. The first-order valence-electron chi connectivity index (χ1n) is 20.3. The fourth-order valence-corrected chi connectivity index (χ4v) is 6.85. The molecule has 6 N–H and O–H groups in total. The van der Waals surface area contributed by atoms with Crippen molar-refractivity contribution >= 4 is 139 Å². The van der Waals surface area contributed by atoms with E-state index in [-0.39, 0.29) is 120 Å². The SMILES string of the molecule is CC(C)c1nc(N(C)S(C)(=O)=O)nc(-c2ccc(F)cc2)c1C=C[C@@H](O)C[C@@H](O)CC(=O)O.CC(C)c1nc(N(C)S(C)(=O)=O)nc(-c2ccc(F)cc2)c1C=C[C@@H](O)C[C@@H](O)CC(=O)O.[CaH2].[SrH2]. The molecule has 2 aromatic carbocycles. The molecule has 4 atom stereocenters. The Labute approximate surface area is 462 Å². The van der Waals surface area contributed by atoms with Crippen molar-refractivity contribution in [3.8, 4) is 22.5 Å². The summed E-state index contributed by atoms with van der Waals surface area (Å²) in [4.78, 5) is 39.1. The van der Waals surface area contributed by atoms with Crippen LogP contribution in [0.15, 0.2) is 60.7 Å². The fourth-order valence-electron chi connectivity index (χ4n) is 6.09. The van der Waals surface area contributed by atoms with Crippen LogP contribution in [-0.2, 0) is 29.6 Å². The van der Waals surface area contributed by atoms with Crippen molar-refractivity contribution in [2.45, 2.75) is 89.6 Å². The van der Waals surface area contributed by atoms with Crippen LogP contribution in [0.2, 0.25) is 0 Å². The summed E-state index contributed by atoms with van der Waals surface area (Å²) in [5.41, 5.74) is 3.60. The molecule has 0 amide bonds. The van der Waals surface area contributed by atoms with Gasteiger partial charge in [0.25, 0.3) is 0 Å². The van der Waals surface area contributed by atoms with Crippen LogP contribution in [-0.4, -0.2) is 214 Å². The molecule has 0 fully saturated rings. The predicted octanol–water partition coefficient (Wildman–Crippen LogP) is 2.97. The van der Waals surface area contributed by atoms with Gasteiger partial charge in [-0.2, -0.15) is 0 Å². The third kappa shape index (κ3) is 19.6. The van der Waals surface area contributed by atoms with Crippen LogP contribution in [0.1, 0.15) is 87.7 Å². The minimum atomic E-state index is -3.65. The van der Waals surface area contributed by atoms with Gasteiger partial charge in [0.15, 0.2) is 0 Å². The van der Waals surface area contributed by atoms with Crippen molar-refractivity contribution < 1.29 is 65.8 Å². The van der Waals surface area contributed by atoms with Crippen LogP contribution in [0.4, 0.5) is 20.7 Å². The maximum atomic E-state index is 13.5. The molecule has 0 radical (unpaired) electrons. The molecule has 68 heavy (non-hydrogen) atoms. The van der Waals surface area contributed by atoms with Crippen LogP contribution in [0.25, 0.3) is 34.7 Å². The number of sulfonamides is 2. The summed E-state index contributed by atoms with van der Waals surface area (Å²) in [5.74, 6) is -3.74. The molecular weight excluding hydrogens is 1030 g/mol. The Morgan fingerprint density at radius 3 is 1.15 bits per heavy atom. The average molecular weight is 1090 g/mol. The molecule has 0 aliphatic carbocycles. The zero-order valence-corrected chi connectivity index (χ0v) is 39.2. The maximum absolute atomic E-state index is 13.5. The van der Waals surface area contributed by atoms with E-state index in [0.717, 1.165) is 21.1 Å². The van der Waals surface area contributed by atoms with Gasteiger partial charge in [-0.1, -0.05) is 52.0 Å². The summed E-state index contributed by atoms with van der Waals surface area (Å²) in [7, 11) is -4.65. The molecule has 368 valence electrons. The van der Waals surface area contributed by atoms with Crippen molar-refractivity contribution in [2.75, 3.05) is 35.2 Å². The molecule has 2 aromatic heterocycles. The molecule has 0 saturated carbocycles. The zero-order valence-electron chi connectivity index (χ0n) is 37.6. The number of hydrogen-bond acceptors (Lipinski definition) is 14. The van der Waals surface area contributed by atoms with Gasteiger partial charge >= 0.3 is 95.2 Å². The summed E-state index contributed by atoms with van der Waals surface area (Å²) in [6, 6.07) is 11.0. The number of aliphatic hydroxyl groups is 4. The first kappa shape index (κ1) is 63.0. The van der Waals surface area contributed by atoms with E-state index in [1.807, 2.05) is 27.7 Å². The first-order chi connectivity index (χ1) is 30.6. The number of aliphatic hydroxyl groups excluding tert-OH is 4. The van der Waals surface area contributed by atoms with Crippen LogP contribution in [0.3, 0.4) is 0 Å². The minimum absolute atomic E-state index is 0. The van der Waals surface area contributed by atoms with Gasteiger partial charge in [0.05, 0.1) is 72.5 Å². The Hall–Kier alpha value is -3.04. The standard InChI is InChI=1S/2C22H28FN3O6S.Ca.Sr.4H/c2*1-13(2)20-18(10-9-16(27)11-17(28)12-19(29)30)21(14-5-7-15(23)8-6-14)25-22(24-20)26(3)33(4,31)32;;;;;;/h2*5-10,13,16-17,27-28H,11-12H2,1-4H3,(H,29,30);;;;;;/t2*16-,17-;;;;;;/m11....../s1. The Bertz CT molecular complexity index is 2430. The molecule has 0 bridgehead atoms. The number of nitrogens with zero attached hydrogens (tertiary/aromatic N) is 6. The van der Waals surface area contributed by atoms with E-state index in [1.165, 1.54) is 86.9 Å². The molecule has 18 nitrogen and oxygen atoms in total. The number of halogens is 2. The van der Waals surface area contributed by atoms with Crippen LogP contribution < -0.4 is 8.61 Å². The predicted molar refractivity (Wildman–Crippen MR) is 262 cm³/mol. The van der Waals surface area contributed by atoms with Crippen LogP contribution in [0.5, 0.6) is 0 Å². The number of carbonyl (C=O) groups is 2. The molecule has 0 saturated heterocycles. The van der Waals surface area contributed by atoms with Crippen LogP contribution >= 0.6 is 0 Å². The third-order valence-electron chi connectivity index (χ3n) is 9.63. The average Bonchev–Trinajstić information content (AvgIpc) is 3.20. The zero-order chi connectivity index (χ0) is 49.8. The van der Waals surface area contributed by atoms with Crippen molar-refractivity contribution in [3.63, 3.8) is 0 Å². The van der Waals surface area contributed by atoms with Gasteiger partial charge in [-0.15, -0.1) is 0 Å². The molecule has 0 aliphatic heterocycles. The van der Waals surface area contributed by atoms with E-state index in [1.54, 1.807) is 0 Å². The van der Waals surface area contributed by atoms with Crippen molar-refractivity contribution in [1.29, 1.82) is 0 Å². The van der Waals surface area contributed by atoms with E-state index >= 15 is 0 Å². The van der Waals surface area contributed by atoms with E-state index in [4.69, 9.17) is 10.2 Å². The molecule has 0 spiro atoms. The summed E-state index contributed by atoms with van der Waals surface area (Å²) in [5, 5.41) is 57.6. The van der Waals surface area contributed by atoms with Gasteiger partial charge in [-0.3, -0.25) is 9.59 Å². The second kappa shape index (κ2) is 28.1. The molecule has 0 aliphatic rings. The van der Waals surface area contributed by atoms with Crippen molar-refractivity contribution in [3.05, 3.63) is 94.8 Å². The van der Waals surface area contributed by atoms with Crippen molar-refractivity contribution in [1.82, 2.24) is 19.9 Å². The summed E-state index contributed by atoms with van der Waals surface area (Å²) in [6.07, 6.45) is 1.72. The summed E-state index contributed by atoms with van der Waals surface area (Å²) >= 11 is 0. The summed E-state index contributed by atoms with van der Waals surface area (Å²) in [6.45, 7) is 7.41. The molecule has 0 unspecified atom stereocenters. The normalized spacial score (nSPS) is 13.5. The second-order valence-corrected chi connectivity index (χ2v) is 20.0. The third-order valence-corrected chi connectivity index (χ3v) is 11.9. The Kier molecular flexibility index (Phi) is 26.0. The van der Waals surface area contributed by atoms with E-state index in [2.05, 4.69) is 19.9 Å². The van der Waals surface area contributed by atoms with Gasteiger partial charge in [0, 0.05) is 49.2 Å². The Morgan fingerprint density at radius 1 is 0.603 bits per heavy atom. The molecule has 2 heterocycles. The number of aliphatic carboxylic acids is 2. The van der Waals surface area contributed by atoms with Gasteiger partial charge < -0.3 is 30.6 Å². The topological polar surface area (TPSA) is 282 Å². The summed E-state index contributed by atoms with van der Waals surface area (Å²) < 4.78 is 77.2. The van der Waals surface area contributed by atoms with E-state index < -0.39 is 80.9 Å². The Morgan fingerprint density at radius 2 is 0.897 bits per heavy atom. The molecule has 4 rings (SSSR count). The number of aromatic nitrogens is 4. The Balaban J connectivity index is 0.000000661. The number of carboxylic acids is 2. The molecule has 24 heteroatoms. The van der Waals surface area contributed by atoms with E-state index in [9.17, 15) is 55.6 Å². The van der Waals surface area contributed by atoms with E-state index in [0.29, 0.717) is 45.0 Å². The number of carboxylic acid groups (broad SMARTS) is 2.